The normalized spacial score (nSPS) is 9.53. The first-order chi connectivity index (χ1) is 8.20. The van der Waals surface area contributed by atoms with Crippen LogP contribution in [0.3, 0.4) is 0 Å². The minimum absolute atomic E-state index is 0.538. The highest BCUT2D eigenvalue weighted by atomic mass is 16.5. The number of carbonyl (C=O) groups excluding carboxylic acids is 1. The van der Waals surface area contributed by atoms with Gasteiger partial charge in [-0.15, -0.1) is 0 Å². The quantitative estimate of drug-likeness (QED) is 0.509. The summed E-state index contributed by atoms with van der Waals surface area (Å²) in [6, 6.07) is 9.56. The molecular formula is C14H11NO2. The number of aryl methyl sites for hydroxylation is 1. The Morgan fingerprint density at radius 1 is 1.35 bits per heavy atom. The summed E-state index contributed by atoms with van der Waals surface area (Å²) in [4.78, 5) is 15.4. The average Bonchev–Trinajstić information content (AvgIpc) is 2.35. The Labute approximate surface area is 99.4 Å². The van der Waals surface area contributed by atoms with Crippen molar-refractivity contribution in [3.05, 3.63) is 41.6 Å². The summed E-state index contributed by atoms with van der Waals surface area (Å²) < 4.78 is 4.49. The van der Waals surface area contributed by atoms with Crippen LogP contribution in [-0.2, 0) is 9.53 Å². The van der Waals surface area contributed by atoms with E-state index in [1.165, 1.54) is 7.11 Å². The van der Waals surface area contributed by atoms with Crippen LogP contribution in [0.5, 0.6) is 0 Å². The number of methoxy groups -OCH3 is 1. The van der Waals surface area contributed by atoms with Gasteiger partial charge < -0.3 is 4.74 Å². The molecule has 3 nitrogen and oxygen atoms in total. The van der Waals surface area contributed by atoms with Crippen molar-refractivity contribution in [3.8, 4) is 11.8 Å². The van der Waals surface area contributed by atoms with E-state index >= 15 is 0 Å². The number of fused-ring (bicyclic) bond motifs is 1. The lowest BCUT2D eigenvalue weighted by Crippen LogP contribution is -1.95. The number of esters is 1. The molecule has 2 rings (SSSR count). The zero-order chi connectivity index (χ0) is 12.3. The van der Waals surface area contributed by atoms with E-state index in [4.69, 9.17) is 0 Å². The van der Waals surface area contributed by atoms with Gasteiger partial charge in [0.2, 0.25) is 0 Å². The molecule has 0 spiro atoms. The molecule has 0 saturated carbocycles. The van der Waals surface area contributed by atoms with Crippen molar-refractivity contribution in [2.45, 2.75) is 6.92 Å². The molecule has 84 valence electrons. The number of aromatic nitrogens is 1. The topological polar surface area (TPSA) is 39.2 Å². The molecule has 1 heterocycles. The summed E-state index contributed by atoms with van der Waals surface area (Å²) in [5, 5.41) is 0.939. The Hall–Kier alpha value is -2.34. The first kappa shape index (κ1) is 11.2. The zero-order valence-electron chi connectivity index (χ0n) is 9.65. The number of hydrogen-bond acceptors (Lipinski definition) is 3. The largest absolute Gasteiger partial charge is 0.459 e. The molecule has 1 aromatic carbocycles. The summed E-state index contributed by atoms with van der Waals surface area (Å²) in [7, 11) is 1.31. The minimum atomic E-state index is -0.538. The fourth-order valence-corrected chi connectivity index (χ4v) is 1.58. The molecule has 0 fully saturated rings. The lowest BCUT2D eigenvalue weighted by atomic mass is 10.1. The van der Waals surface area contributed by atoms with Crippen molar-refractivity contribution in [3.63, 3.8) is 0 Å². The predicted octanol–water partition coefficient (Wildman–Crippen LogP) is 2.07. The highest BCUT2D eigenvalue weighted by molar-refractivity contribution is 5.91. The van der Waals surface area contributed by atoms with Crippen molar-refractivity contribution in [1.82, 2.24) is 4.98 Å². The third-order valence-electron chi connectivity index (χ3n) is 2.33. The molecule has 0 atom stereocenters. The molecule has 0 aliphatic carbocycles. The molecule has 0 N–H and O–H groups in total. The summed E-state index contributed by atoms with van der Waals surface area (Å²) in [6.07, 6.45) is 0. The Morgan fingerprint density at radius 2 is 2.12 bits per heavy atom. The first-order valence-corrected chi connectivity index (χ1v) is 5.17. The van der Waals surface area contributed by atoms with Gasteiger partial charge in [0.05, 0.1) is 12.6 Å². The maximum Gasteiger partial charge on any atom is 0.384 e. The van der Waals surface area contributed by atoms with Gasteiger partial charge in [-0.1, -0.05) is 24.1 Å². The number of nitrogens with zero attached hydrogens (tertiary/aromatic N) is 1. The highest BCUT2D eigenvalue weighted by Gasteiger charge is 2.01. The molecule has 3 heteroatoms. The highest BCUT2D eigenvalue weighted by Crippen LogP contribution is 2.16. The zero-order valence-corrected chi connectivity index (χ0v) is 9.65. The molecule has 0 unspecified atom stereocenters. The van der Waals surface area contributed by atoms with Gasteiger partial charge in [0.1, 0.15) is 0 Å². The van der Waals surface area contributed by atoms with Crippen LogP contribution in [0.4, 0.5) is 0 Å². The smallest absolute Gasteiger partial charge is 0.384 e. The van der Waals surface area contributed by atoms with Crippen molar-refractivity contribution in [2.24, 2.45) is 0 Å². The summed E-state index contributed by atoms with van der Waals surface area (Å²) in [5.41, 5.74) is 2.54. The monoisotopic (exact) mass is 225 g/mol. The van der Waals surface area contributed by atoms with Gasteiger partial charge >= 0.3 is 5.97 Å². The number of para-hydroxylation sites is 1. The summed E-state index contributed by atoms with van der Waals surface area (Å²) in [6.45, 7) is 1.90. The number of rotatable bonds is 0. The molecule has 0 aliphatic rings. The second-order valence-electron chi connectivity index (χ2n) is 3.57. The Balaban J connectivity index is 2.59. The number of pyridine rings is 1. The van der Waals surface area contributed by atoms with Gasteiger partial charge in [-0.2, -0.15) is 0 Å². The van der Waals surface area contributed by atoms with Crippen LogP contribution in [0.1, 0.15) is 11.3 Å². The predicted molar refractivity (Wildman–Crippen MR) is 65.4 cm³/mol. The standard InChI is InChI=1S/C14H11NO2/c1-10-9-11(7-8-14(16)17-2)12-5-3-4-6-13(12)15-10/h3-6,9H,1-2H3. The Kier molecular flexibility index (Phi) is 3.06. The van der Waals surface area contributed by atoms with Crippen LogP contribution >= 0.6 is 0 Å². The van der Waals surface area contributed by atoms with E-state index in [1.807, 2.05) is 37.3 Å². The van der Waals surface area contributed by atoms with Crippen molar-refractivity contribution in [1.29, 1.82) is 0 Å². The van der Waals surface area contributed by atoms with Gasteiger partial charge in [-0.25, -0.2) is 4.79 Å². The molecule has 17 heavy (non-hydrogen) atoms. The van der Waals surface area contributed by atoms with Crippen LogP contribution in [0, 0.1) is 18.8 Å². The second-order valence-corrected chi connectivity index (χ2v) is 3.57. The maximum absolute atomic E-state index is 11.0. The van der Waals surface area contributed by atoms with E-state index < -0.39 is 5.97 Å². The second kappa shape index (κ2) is 4.67. The van der Waals surface area contributed by atoms with Gasteiger partial charge in [-0.05, 0) is 19.1 Å². The van der Waals surface area contributed by atoms with Crippen LogP contribution < -0.4 is 0 Å². The van der Waals surface area contributed by atoms with Gasteiger partial charge in [0.25, 0.3) is 0 Å². The SMILES string of the molecule is COC(=O)C#Cc1cc(C)nc2ccccc12. The van der Waals surface area contributed by atoms with E-state index in [2.05, 4.69) is 21.6 Å². The number of ether oxygens (including phenoxy) is 1. The van der Waals surface area contributed by atoms with E-state index in [9.17, 15) is 4.79 Å². The molecule has 0 bridgehead atoms. The van der Waals surface area contributed by atoms with Gasteiger partial charge in [-0.3, -0.25) is 4.98 Å². The molecule has 0 aliphatic heterocycles. The van der Waals surface area contributed by atoms with Gasteiger partial charge in [0.15, 0.2) is 0 Å². The molecule has 1 aromatic heterocycles. The summed E-state index contributed by atoms with van der Waals surface area (Å²) >= 11 is 0. The van der Waals surface area contributed by atoms with Crippen LogP contribution in [0.25, 0.3) is 10.9 Å². The summed E-state index contributed by atoms with van der Waals surface area (Å²) in [5.74, 6) is 4.71. The van der Waals surface area contributed by atoms with Crippen LogP contribution in [0.15, 0.2) is 30.3 Å². The van der Waals surface area contributed by atoms with Crippen LogP contribution in [0.2, 0.25) is 0 Å². The Morgan fingerprint density at radius 3 is 2.88 bits per heavy atom. The molecule has 0 radical (unpaired) electrons. The molecule has 2 aromatic rings. The lowest BCUT2D eigenvalue weighted by Gasteiger charge is -2.01. The number of carbonyl (C=O) groups is 1. The van der Waals surface area contributed by atoms with Crippen molar-refractivity contribution >= 4 is 16.9 Å². The fourth-order valence-electron chi connectivity index (χ4n) is 1.58. The molecule has 0 amide bonds. The van der Waals surface area contributed by atoms with E-state index in [1.54, 1.807) is 0 Å². The van der Waals surface area contributed by atoms with Crippen molar-refractivity contribution in [2.75, 3.05) is 7.11 Å². The maximum atomic E-state index is 11.0. The average molecular weight is 225 g/mol. The van der Waals surface area contributed by atoms with E-state index in [0.29, 0.717) is 0 Å². The third kappa shape index (κ3) is 2.43. The first-order valence-electron chi connectivity index (χ1n) is 5.17. The van der Waals surface area contributed by atoms with Gasteiger partial charge in [0, 0.05) is 22.6 Å². The van der Waals surface area contributed by atoms with Crippen molar-refractivity contribution < 1.29 is 9.53 Å². The Bertz CT molecular complexity index is 635. The molecular weight excluding hydrogens is 214 g/mol. The van der Waals surface area contributed by atoms with E-state index in [-0.39, 0.29) is 0 Å². The minimum Gasteiger partial charge on any atom is -0.459 e. The number of hydrogen-bond donors (Lipinski definition) is 0. The lowest BCUT2D eigenvalue weighted by molar-refractivity contribution is -0.133. The third-order valence-corrected chi connectivity index (χ3v) is 2.33. The molecule has 0 saturated heterocycles. The van der Waals surface area contributed by atoms with Crippen LogP contribution in [-0.4, -0.2) is 18.1 Å². The number of benzene rings is 1. The fraction of sp³-hybridized carbons (Fsp3) is 0.143. The van der Waals surface area contributed by atoms with E-state index in [0.717, 1.165) is 22.2 Å².